The number of aliphatic hydroxyl groups excluding tert-OH is 1. The van der Waals surface area contributed by atoms with E-state index in [1.807, 2.05) is 31.2 Å². The van der Waals surface area contributed by atoms with Gasteiger partial charge in [0.2, 0.25) is 0 Å². The van der Waals surface area contributed by atoms with Crippen molar-refractivity contribution in [2.24, 2.45) is 0 Å². The highest BCUT2D eigenvalue weighted by atomic mass is 32.2. The summed E-state index contributed by atoms with van der Waals surface area (Å²) < 4.78 is 25.6. The van der Waals surface area contributed by atoms with Gasteiger partial charge in [-0.05, 0) is 50.3 Å². The van der Waals surface area contributed by atoms with Crippen molar-refractivity contribution < 1.29 is 23.1 Å². The molecule has 0 bridgehead atoms. The Morgan fingerprint density at radius 1 is 1.00 bits per heavy atom. The van der Waals surface area contributed by atoms with Gasteiger partial charge in [-0.15, -0.1) is 0 Å². The molecule has 2 fully saturated rings. The lowest BCUT2D eigenvalue weighted by Crippen LogP contribution is -2.51. The second kappa shape index (κ2) is 8.30. The van der Waals surface area contributed by atoms with E-state index in [9.17, 15) is 27.9 Å². The predicted molar refractivity (Wildman–Crippen MR) is 129 cm³/mol. The Morgan fingerprint density at radius 3 is 2.26 bits per heavy atom. The van der Waals surface area contributed by atoms with Crippen LogP contribution in [0.5, 0.6) is 0 Å². The van der Waals surface area contributed by atoms with E-state index in [2.05, 4.69) is 5.32 Å². The topological polar surface area (TPSA) is 126 Å². The summed E-state index contributed by atoms with van der Waals surface area (Å²) in [6.45, 7) is 2.28. The molecule has 2 N–H and O–H groups in total. The van der Waals surface area contributed by atoms with E-state index in [-0.39, 0.29) is 37.4 Å². The molecule has 5 rings (SSSR count). The zero-order chi connectivity index (χ0) is 25.0. The molecule has 10 heteroatoms. The van der Waals surface area contributed by atoms with E-state index in [1.165, 1.54) is 21.6 Å². The number of aromatic nitrogens is 1. The SMILES string of the molecule is Cc1ccc(CNC(=O)c2ccc3n(c2=O)CCN(CC2(S(=O)(=O)C4(CO)CC4)CC2)C3=O)cc1. The van der Waals surface area contributed by atoms with Crippen LogP contribution in [0.1, 0.15) is 57.7 Å². The maximum absolute atomic E-state index is 13.2. The fourth-order valence-corrected chi connectivity index (χ4v) is 7.58. The molecule has 0 atom stereocenters. The average Bonchev–Trinajstić information content (AvgIpc) is 3.76. The highest BCUT2D eigenvalue weighted by Crippen LogP contribution is 2.56. The van der Waals surface area contributed by atoms with Gasteiger partial charge in [0.15, 0.2) is 9.84 Å². The first kappa shape index (κ1) is 23.7. The van der Waals surface area contributed by atoms with Crippen LogP contribution in [0.15, 0.2) is 41.2 Å². The maximum atomic E-state index is 13.2. The minimum absolute atomic E-state index is 0.0398. The molecule has 2 saturated carbocycles. The number of sulfone groups is 1. The highest BCUT2D eigenvalue weighted by Gasteiger charge is 2.67. The fraction of sp³-hybridized carbons (Fsp3) is 0.480. The van der Waals surface area contributed by atoms with E-state index in [0.29, 0.717) is 25.7 Å². The third kappa shape index (κ3) is 3.88. The Labute approximate surface area is 203 Å². The first-order chi connectivity index (χ1) is 16.6. The van der Waals surface area contributed by atoms with Crippen LogP contribution in [-0.2, 0) is 22.9 Å². The largest absolute Gasteiger partial charge is 0.395 e. The van der Waals surface area contributed by atoms with Gasteiger partial charge < -0.3 is 19.9 Å². The van der Waals surface area contributed by atoms with E-state index in [1.54, 1.807) is 0 Å². The number of rotatable bonds is 8. The molecule has 1 aromatic carbocycles. The van der Waals surface area contributed by atoms with Crippen molar-refractivity contribution in [3.8, 4) is 0 Å². The van der Waals surface area contributed by atoms with Gasteiger partial charge in [-0.3, -0.25) is 14.4 Å². The van der Waals surface area contributed by atoms with Gasteiger partial charge >= 0.3 is 0 Å². The molecule has 2 aromatic rings. The molecule has 2 aliphatic carbocycles. The number of hydrogen-bond donors (Lipinski definition) is 2. The summed E-state index contributed by atoms with van der Waals surface area (Å²) in [6.07, 6.45) is 1.84. The van der Waals surface area contributed by atoms with Gasteiger partial charge in [0.25, 0.3) is 17.4 Å². The van der Waals surface area contributed by atoms with E-state index < -0.39 is 43.3 Å². The number of carbonyl (C=O) groups excluding carboxylic acids is 2. The summed E-state index contributed by atoms with van der Waals surface area (Å²) in [5, 5.41) is 12.4. The Hall–Kier alpha value is -2.98. The van der Waals surface area contributed by atoms with Crippen LogP contribution in [0.4, 0.5) is 0 Å². The third-order valence-corrected chi connectivity index (χ3v) is 11.0. The van der Waals surface area contributed by atoms with Crippen LogP contribution in [0, 0.1) is 6.92 Å². The first-order valence-electron chi connectivity index (χ1n) is 11.9. The fourth-order valence-electron chi connectivity index (χ4n) is 4.89. The molecule has 0 spiro atoms. The first-order valence-corrected chi connectivity index (χ1v) is 13.3. The predicted octanol–water partition coefficient (Wildman–Crippen LogP) is 1.01. The number of benzene rings is 1. The van der Waals surface area contributed by atoms with Gasteiger partial charge in [0.1, 0.15) is 11.3 Å². The number of aryl methyl sites for hydroxylation is 1. The van der Waals surface area contributed by atoms with Crippen molar-refractivity contribution in [2.45, 2.75) is 55.2 Å². The van der Waals surface area contributed by atoms with Crippen LogP contribution >= 0.6 is 0 Å². The summed E-state index contributed by atoms with van der Waals surface area (Å²) >= 11 is 0. The number of nitrogens with zero attached hydrogens (tertiary/aromatic N) is 2. The van der Waals surface area contributed by atoms with E-state index >= 15 is 0 Å². The molecule has 1 aromatic heterocycles. The minimum atomic E-state index is -3.59. The van der Waals surface area contributed by atoms with Gasteiger partial charge in [0, 0.05) is 26.2 Å². The zero-order valence-corrected chi connectivity index (χ0v) is 20.4. The summed E-state index contributed by atoms with van der Waals surface area (Å²) in [5.74, 6) is -0.933. The molecule has 3 aliphatic rings. The number of nitrogens with one attached hydrogen (secondary N) is 1. The lowest BCUT2D eigenvalue weighted by Gasteiger charge is -2.33. The van der Waals surface area contributed by atoms with Gasteiger partial charge in [-0.2, -0.15) is 0 Å². The number of aliphatic hydroxyl groups is 1. The van der Waals surface area contributed by atoms with Crippen molar-refractivity contribution in [1.29, 1.82) is 0 Å². The molecule has 9 nitrogen and oxygen atoms in total. The lowest BCUT2D eigenvalue weighted by atomic mass is 10.1. The van der Waals surface area contributed by atoms with Gasteiger partial charge in [0.05, 0.1) is 16.1 Å². The van der Waals surface area contributed by atoms with Crippen molar-refractivity contribution in [3.05, 3.63) is 69.1 Å². The lowest BCUT2D eigenvalue weighted by molar-refractivity contribution is 0.0694. The maximum Gasteiger partial charge on any atom is 0.270 e. The standard InChI is InChI=1S/C25H29N3O6S/c1-17-2-4-18(5-3-17)14-26-21(30)19-6-7-20-23(32)27(12-13-28(20)22(19)31)15-24(8-9-24)35(33,34)25(16-29)10-11-25/h2-7,29H,8-16H2,1H3,(H,26,30). The van der Waals surface area contributed by atoms with Crippen molar-refractivity contribution >= 4 is 21.7 Å². The summed E-state index contributed by atoms with van der Waals surface area (Å²) in [6, 6.07) is 10.5. The monoisotopic (exact) mass is 499 g/mol. The van der Waals surface area contributed by atoms with Crippen molar-refractivity contribution in [2.75, 3.05) is 19.7 Å². The Balaban J connectivity index is 1.31. The zero-order valence-electron chi connectivity index (χ0n) is 19.6. The van der Waals surface area contributed by atoms with Crippen LogP contribution in [-0.4, -0.2) is 64.0 Å². The molecule has 186 valence electrons. The van der Waals surface area contributed by atoms with E-state index in [4.69, 9.17) is 0 Å². The normalized spacial score (nSPS) is 19.7. The quantitative estimate of drug-likeness (QED) is 0.559. The molecule has 35 heavy (non-hydrogen) atoms. The van der Waals surface area contributed by atoms with E-state index in [0.717, 1.165) is 11.1 Å². The Kier molecular flexibility index (Phi) is 5.63. The number of pyridine rings is 1. The second-order valence-corrected chi connectivity index (χ2v) is 12.8. The summed E-state index contributed by atoms with van der Waals surface area (Å²) in [5.41, 5.74) is 1.58. The Bertz CT molecular complexity index is 1350. The molecular formula is C25H29N3O6S. The smallest absolute Gasteiger partial charge is 0.270 e. The van der Waals surface area contributed by atoms with Crippen molar-refractivity contribution in [1.82, 2.24) is 14.8 Å². The second-order valence-electron chi connectivity index (χ2n) is 10.0. The number of hydrogen-bond acceptors (Lipinski definition) is 6. The number of fused-ring (bicyclic) bond motifs is 1. The third-order valence-electron chi connectivity index (χ3n) is 7.62. The molecule has 1 aliphatic heterocycles. The summed E-state index contributed by atoms with van der Waals surface area (Å²) in [7, 11) is -3.59. The Morgan fingerprint density at radius 2 is 1.66 bits per heavy atom. The molecule has 2 amide bonds. The average molecular weight is 500 g/mol. The molecule has 0 radical (unpaired) electrons. The van der Waals surface area contributed by atoms with Crippen LogP contribution in [0.2, 0.25) is 0 Å². The molecule has 0 saturated heterocycles. The van der Waals surface area contributed by atoms with Crippen LogP contribution in [0.3, 0.4) is 0 Å². The summed E-state index contributed by atoms with van der Waals surface area (Å²) in [4.78, 5) is 40.3. The van der Waals surface area contributed by atoms with Crippen LogP contribution in [0.25, 0.3) is 0 Å². The molecular weight excluding hydrogens is 470 g/mol. The van der Waals surface area contributed by atoms with Gasteiger partial charge in [-0.25, -0.2) is 8.42 Å². The number of carbonyl (C=O) groups is 2. The number of amides is 2. The highest BCUT2D eigenvalue weighted by molar-refractivity contribution is 7.94. The van der Waals surface area contributed by atoms with Gasteiger partial charge in [-0.1, -0.05) is 29.8 Å². The molecule has 0 unspecified atom stereocenters. The van der Waals surface area contributed by atoms with Crippen LogP contribution < -0.4 is 10.9 Å². The molecule has 2 heterocycles. The minimum Gasteiger partial charge on any atom is -0.395 e. The van der Waals surface area contributed by atoms with Crippen molar-refractivity contribution in [3.63, 3.8) is 0 Å².